The summed E-state index contributed by atoms with van der Waals surface area (Å²) in [5, 5.41) is 6.41. The molecule has 10 nitrogen and oxygen atoms in total. The Balaban J connectivity index is 1.35. The topological polar surface area (TPSA) is 119 Å². The second-order valence-electron chi connectivity index (χ2n) is 9.97. The summed E-state index contributed by atoms with van der Waals surface area (Å²) in [6, 6.07) is 11.2. The predicted octanol–water partition coefficient (Wildman–Crippen LogP) is 3.02. The van der Waals surface area contributed by atoms with Crippen molar-refractivity contribution in [3.63, 3.8) is 0 Å². The molecule has 0 saturated carbocycles. The van der Waals surface area contributed by atoms with E-state index in [1.54, 1.807) is 42.7 Å². The van der Waals surface area contributed by atoms with Crippen molar-refractivity contribution in [1.82, 2.24) is 25.3 Å². The van der Waals surface area contributed by atoms with Crippen LogP contribution in [0.4, 0.5) is 5.82 Å². The molecule has 39 heavy (non-hydrogen) atoms. The number of piperidine rings is 1. The van der Waals surface area contributed by atoms with Gasteiger partial charge < -0.3 is 10.2 Å². The van der Waals surface area contributed by atoms with E-state index < -0.39 is 0 Å². The van der Waals surface area contributed by atoms with Gasteiger partial charge in [0.25, 0.3) is 11.8 Å². The van der Waals surface area contributed by atoms with Crippen molar-refractivity contribution in [1.29, 1.82) is 0 Å². The van der Waals surface area contributed by atoms with Gasteiger partial charge in [-0.25, -0.2) is 15.8 Å². The van der Waals surface area contributed by atoms with Crippen LogP contribution in [-0.2, 0) is 4.79 Å². The number of hydrogen-bond donors (Lipinski definition) is 3. The second kappa shape index (κ2) is 11.0. The Morgan fingerprint density at radius 3 is 2.74 bits per heavy atom. The summed E-state index contributed by atoms with van der Waals surface area (Å²) in [6.07, 6.45) is 6.79. The van der Waals surface area contributed by atoms with Gasteiger partial charge in [-0.3, -0.25) is 25.0 Å². The summed E-state index contributed by atoms with van der Waals surface area (Å²) in [5.41, 5.74) is 8.38. The Labute approximate surface area is 228 Å². The number of pyridine rings is 1. The molecular formula is C29H32N8O2. The highest BCUT2D eigenvalue weighted by Gasteiger charge is 2.38. The molecule has 0 bridgehead atoms. The summed E-state index contributed by atoms with van der Waals surface area (Å²) in [5.74, 6) is 12.1. The lowest BCUT2D eigenvalue weighted by molar-refractivity contribution is -0.127. The van der Waals surface area contributed by atoms with Gasteiger partial charge in [0, 0.05) is 30.4 Å². The van der Waals surface area contributed by atoms with Crippen molar-refractivity contribution in [2.75, 3.05) is 18.4 Å². The fraction of sp³-hybridized carbons (Fsp3) is 0.310. The molecule has 5 rings (SSSR count). The number of rotatable bonds is 5. The molecule has 0 unspecified atom stereocenters. The third-order valence-corrected chi connectivity index (χ3v) is 7.03. The van der Waals surface area contributed by atoms with Crippen molar-refractivity contribution >= 4 is 29.7 Å². The SMILES string of the molecule is CC#CC(=O)N1CCC[C@@H](N2NC(c3ccc(C(=O)Nc4cc(C(C)C)ccn4)cc3)=C3C2=CN=CN3N)C1. The summed E-state index contributed by atoms with van der Waals surface area (Å²) < 4.78 is 0. The molecule has 1 aromatic heterocycles. The molecule has 1 saturated heterocycles. The lowest BCUT2D eigenvalue weighted by Gasteiger charge is -2.39. The van der Waals surface area contributed by atoms with Gasteiger partial charge in [-0.1, -0.05) is 31.9 Å². The molecule has 3 aliphatic heterocycles. The normalized spacial score (nSPS) is 18.3. The Bertz CT molecular complexity index is 1430. The average Bonchev–Trinajstić information content (AvgIpc) is 3.34. The van der Waals surface area contributed by atoms with Crippen LogP contribution < -0.4 is 16.6 Å². The van der Waals surface area contributed by atoms with Crippen LogP contribution in [0.5, 0.6) is 0 Å². The minimum atomic E-state index is -0.235. The van der Waals surface area contributed by atoms with E-state index in [0.717, 1.165) is 41.1 Å². The number of benzene rings is 1. The number of nitrogens with one attached hydrogen (secondary N) is 2. The number of aliphatic imine (C=N–C) groups is 1. The second-order valence-corrected chi connectivity index (χ2v) is 9.97. The highest BCUT2D eigenvalue weighted by molar-refractivity contribution is 6.04. The van der Waals surface area contributed by atoms with Crippen LogP contribution in [0.3, 0.4) is 0 Å². The molecule has 200 valence electrons. The van der Waals surface area contributed by atoms with Gasteiger partial charge in [0.2, 0.25) is 0 Å². The maximum absolute atomic E-state index is 12.9. The number of likely N-dealkylation sites (tertiary alicyclic amines) is 1. The van der Waals surface area contributed by atoms with Gasteiger partial charge in [0.15, 0.2) is 0 Å². The van der Waals surface area contributed by atoms with Gasteiger partial charge in [-0.2, -0.15) is 0 Å². The van der Waals surface area contributed by atoms with Gasteiger partial charge in [0.05, 0.1) is 17.9 Å². The van der Waals surface area contributed by atoms with Crippen molar-refractivity contribution in [3.8, 4) is 11.8 Å². The standard InChI is InChI=1S/C29H32N8O2/c1-4-6-26(38)35-14-5-7-23(17-35)37-24-16-31-18-36(30)28(24)27(34-37)20-8-10-21(11-9-20)29(39)33-25-15-22(19(2)3)12-13-32-25/h8-13,15-16,18-19,23,34H,5,7,14,17,30H2,1-3H3,(H,32,33,39)/t23-/m1/s1. The zero-order valence-corrected chi connectivity index (χ0v) is 22.3. The third kappa shape index (κ3) is 5.35. The number of fused-ring (bicyclic) bond motifs is 1. The van der Waals surface area contributed by atoms with E-state index in [-0.39, 0.29) is 17.9 Å². The molecule has 2 amide bonds. The van der Waals surface area contributed by atoms with Gasteiger partial charge in [-0.05, 0) is 61.4 Å². The van der Waals surface area contributed by atoms with Crippen LogP contribution in [0.15, 0.2) is 65.2 Å². The Morgan fingerprint density at radius 2 is 2.00 bits per heavy atom. The van der Waals surface area contributed by atoms with E-state index in [4.69, 9.17) is 5.84 Å². The number of aromatic nitrogens is 1. The molecule has 4 heterocycles. The van der Waals surface area contributed by atoms with Crippen molar-refractivity contribution in [2.24, 2.45) is 10.8 Å². The van der Waals surface area contributed by atoms with Gasteiger partial charge in [0.1, 0.15) is 23.6 Å². The first-order chi connectivity index (χ1) is 18.9. The Kier molecular flexibility index (Phi) is 7.34. The smallest absolute Gasteiger partial charge is 0.298 e. The lowest BCUT2D eigenvalue weighted by Crippen LogP contribution is -2.51. The van der Waals surface area contributed by atoms with Gasteiger partial charge in [-0.15, -0.1) is 0 Å². The number of nitrogens with zero attached hydrogens (tertiary/aromatic N) is 5. The zero-order valence-electron chi connectivity index (χ0n) is 22.3. The summed E-state index contributed by atoms with van der Waals surface area (Å²) in [7, 11) is 0. The number of amides is 2. The molecule has 3 aliphatic rings. The van der Waals surface area contributed by atoms with E-state index >= 15 is 0 Å². The molecule has 1 aromatic carbocycles. The number of carbonyl (C=O) groups is 2. The maximum atomic E-state index is 12.9. The Hall–Kier alpha value is -4.62. The van der Waals surface area contributed by atoms with E-state index in [2.05, 4.69) is 46.4 Å². The highest BCUT2D eigenvalue weighted by Crippen LogP contribution is 2.36. The first-order valence-electron chi connectivity index (χ1n) is 13.0. The quantitative estimate of drug-likeness (QED) is 0.406. The number of hydrogen-bond acceptors (Lipinski definition) is 8. The zero-order chi connectivity index (χ0) is 27.5. The maximum Gasteiger partial charge on any atom is 0.298 e. The van der Waals surface area contributed by atoms with Crippen molar-refractivity contribution in [2.45, 2.75) is 45.6 Å². The molecule has 4 N–H and O–H groups in total. The third-order valence-electron chi connectivity index (χ3n) is 7.03. The number of anilines is 1. The first-order valence-corrected chi connectivity index (χ1v) is 13.0. The molecule has 1 fully saturated rings. The Morgan fingerprint density at radius 1 is 1.21 bits per heavy atom. The summed E-state index contributed by atoms with van der Waals surface area (Å²) in [6.45, 7) is 7.09. The first kappa shape index (κ1) is 26.0. The van der Waals surface area contributed by atoms with Crippen LogP contribution in [0.2, 0.25) is 0 Å². The molecule has 10 heteroatoms. The largest absolute Gasteiger partial charge is 0.330 e. The van der Waals surface area contributed by atoms with Crippen LogP contribution in [0.25, 0.3) is 5.70 Å². The van der Waals surface area contributed by atoms with E-state index in [0.29, 0.717) is 30.4 Å². The van der Waals surface area contributed by atoms with Crippen LogP contribution >= 0.6 is 0 Å². The van der Waals surface area contributed by atoms with Crippen LogP contribution in [0, 0.1) is 11.8 Å². The molecule has 2 aromatic rings. The minimum Gasteiger partial charge on any atom is -0.330 e. The molecule has 0 spiro atoms. The summed E-state index contributed by atoms with van der Waals surface area (Å²) in [4.78, 5) is 35.7. The molecule has 1 atom stereocenters. The number of hydrazine groups is 2. The fourth-order valence-electron chi connectivity index (χ4n) is 4.97. The van der Waals surface area contributed by atoms with Crippen LogP contribution in [-0.4, -0.2) is 57.2 Å². The highest BCUT2D eigenvalue weighted by atomic mass is 16.2. The van der Waals surface area contributed by atoms with Gasteiger partial charge >= 0.3 is 0 Å². The fourth-order valence-corrected chi connectivity index (χ4v) is 4.97. The number of carbonyl (C=O) groups excluding carboxylic acids is 2. The predicted molar refractivity (Wildman–Crippen MR) is 150 cm³/mol. The van der Waals surface area contributed by atoms with Crippen molar-refractivity contribution < 1.29 is 9.59 Å². The average molecular weight is 525 g/mol. The van der Waals surface area contributed by atoms with E-state index in [1.165, 1.54) is 5.01 Å². The van der Waals surface area contributed by atoms with Crippen molar-refractivity contribution in [3.05, 3.63) is 76.9 Å². The molecular weight excluding hydrogens is 492 g/mol. The summed E-state index contributed by atoms with van der Waals surface area (Å²) >= 11 is 0. The van der Waals surface area contributed by atoms with Crippen LogP contribution in [0.1, 0.15) is 61.0 Å². The molecule has 0 radical (unpaired) electrons. The van der Waals surface area contributed by atoms with E-state index in [1.807, 2.05) is 29.3 Å². The lowest BCUT2D eigenvalue weighted by atomic mass is 10.0. The van der Waals surface area contributed by atoms with E-state index in [9.17, 15) is 9.59 Å². The monoisotopic (exact) mass is 524 g/mol. The number of nitrogens with two attached hydrogens (primary N) is 1. The minimum absolute atomic E-state index is 0.0148. The molecule has 0 aliphatic carbocycles.